The van der Waals surface area contributed by atoms with Gasteiger partial charge >= 0.3 is 6.18 Å². The summed E-state index contributed by atoms with van der Waals surface area (Å²) in [5.74, 6) is 0.300. The van der Waals surface area contributed by atoms with Crippen LogP contribution in [0.5, 0.6) is 0 Å². The smallest absolute Gasteiger partial charge is 0.369 e. The Morgan fingerprint density at radius 1 is 1.21 bits per heavy atom. The molecule has 1 amide bonds. The molecule has 170 valence electrons. The predicted molar refractivity (Wildman–Crippen MR) is 114 cm³/mol. The van der Waals surface area contributed by atoms with E-state index in [-0.39, 0.29) is 30.5 Å². The minimum Gasteiger partial charge on any atom is -0.369 e. The second-order valence-corrected chi connectivity index (χ2v) is 8.03. The van der Waals surface area contributed by atoms with E-state index in [1.807, 2.05) is 36.4 Å². The summed E-state index contributed by atoms with van der Waals surface area (Å²) in [6, 6.07) is 7.93. The first-order chi connectivity index (χ1) is 15.9. The van der Waals surface area contributed by atoms with Gasteiger partial charge in [0.2, 0.25) is 11.9 Å². The van der Waals surface area contributed by atoms with Crippen LogP contribution in [0.3, 0.4) is 0 Å². The number of aromatic nitrogens is 4. The number of hydrogen-bond acceptors (Lipinski definition) is 5. The zero-order chi connectivity index (χ0) is 23.0. The molecule has 0 bridgehead atoms. The number of rotatable bonds is 6. The molecule has 1 unspecified atom stereocenters. The molecule has 33 heavy (non-hydrogen) atoms. The third-order valence-corrected chi connectivity index (χ3v) is 5.48. The maximum atomic E-state index is 12.6. The van der Waals surface area contributed by atoms with Crippen molar-refractivity contribution in [1.82, 2.24) is 19.6 Å². The van der Waals surface area contributed by atoms with Gasteiger partial charge in [0.25, 0.3) is 0 Å². The fourth-order valence-corrected chi connectivity index (χ4v) is 3.53. The summed E-state index contributed by atoms with van der Waals surface area (Å²) in [6.07, 6.45) is 4.74. The van der Waals surface area contributed by atoms with Crippen molar-refractivity contribution in [2.75, 3.05) is 5.32 Å². The third kappa shape index (κ3) is 4.80. The van der Waals surface area contributed by atoms with Crippen molar-refractivity contribution < 1.29 is 22.7 Å². The van der Waals surface area contributed by atoms with Crippen molar-refractivity contribution in [3.8, 4) is 0 Å². The second kappa shape index (κ2) is 8.43. The van der Waals surface area contributed by atoms with Gasteiger partial charge in [0.15, 0.2) is 5.65 Å². The van der Waals surface area contributed by atoms with Crippen molar-refractivity contribution >= 4 is 23.1 Å². The number of ether oxygens (including phenoxy) is 1. The normalized spacial score (nSPS) is 18.4. The molecular formula is C23H20F3N5O2. The van der Waals surface area contributed by atoms with E-state index < -0.39 is 11.9 Å². The Morgan fingerprint density at radius 2 is 2.06 bits per heavy atom. The number of amides is 1. The molecule has 1 fully saturated rings. The topological polar surface area (TPSA) is 81.4 Å². The van der Waals surface area contributed by atoms with Crippen LogP contribution in [-0.2, 0) is 22.3 Å². The highest BCUT2D eigenvalue weighted by molar-refractivity contribution is 5.92. The average Bonchev–Trinajstić information content (AvgIpc) is 3.57. The van der Waals surface area contributed by atoms with Crippen molar-refractivity contribution in [2.24, 2.45) is 5.92 Å². The van der Waals surface area contributed by atoms with Gasteiger partial charge in [-0.25, -0.2) is 4.52 Å². The Labute approximate surface area is 187 Å². The lowest BCUT2D eigenvalue weighted by atomic mass is 10.0. The monoisotopic (exact) mass is 455 g/mol. The van der Waals surface area contributed by atoms with Gasteiger partial charge in [-0.1, -0.05) is 30.4 Å². The van der Waals surface area contributed by atoms with E-state index in [0.717, 1.165) is 30.2 Å². The summed E-state index contributed by atoms with van der Waals surface area (Å²) in [5.41, 5.74) is 2.03. The molecule has 2 aliphatic carbocycles. The molecular weight excluding hydrogens is 435 g/mol. The standard InChI is InChI=1S/C23H20F3N5O2/c24-23(25,26)19-11-4-14(12-27-19)13-33-17-9-7-15(8-10-17)18-2-1-3-20-28-22(30-31(18)20)29-21(32)16-5-6-16/h1-4,7-9,11-12,16-17H,5-6,10,13H2,(H,29,30,32). The number of carbonyl (C=O) groups excluding carboxylic acids is 1. The van der Waals surface area contributed by atoms with Crippen molar-refractivity contribution in [3.63, 3.8) is 0 Å². The number of hydrogen-bond donors (Lipinski definition) is 1. The zero-order valence-electron chi connectivity index (χ0n) is 17.4. The van der Waals surface area contributed by atoms with Crippen LogP contribution in [0.1, 0.15) is 36.2 Å². The van der Waals surface area contributed by atoms with Crippen molar-refractivity contribution in [2.45, 2.75) is 38.1 Å². The molecule has 0 radical (unpaired) electrons. The van der Waals surface area contributed by atoms with Gasteiger partial charge in [0.1, 0.15) is 5.69 Å². The number of carbonyl (C=O) groups is 1. The number of fused-ring (bicyclic) bond motifs is 1. The van der Waals surface area contributed by atoms with Gasteiger partial charge in [-0.2, -0.15) is 18.2 Å². The van der Waals surface area contributed by atoms with E-state index in [2.05, 4.69) is 20.4 Å². The first-order valence-corrected chi connectivity index (χ1v) is 10.6. The highest BCUT2D eigenvalue weighted by Crippen LogP contribution is 2.30. The van der Waals surface area contributed by atoms with Gasteiger partial charge in [-0.15, -0.1) is 5.10 Å². The van der Waals surface area contributed by atoms with Crippen molar-refractivity contribution in [1.29, 1.82) is 0 Å². The highest BCUT2D eigenvalue weighted by Gasteiger charge is 2.32. The minimum atomic E-state index is -4.46. The van der Waals surface area contributed by atoms with Crippen LogP contribution in [-0.4, -0.2) is 31.6 Å². The maximum absolute atomic E-state index is 12.6. The molecule has 0 saturated heterocycles. The van der Waals surface area contributed by atoms with Crippen LogP contribution in [0.4, 0.5) is 19.1 Å². The SMILES string of the molecule is O=C(Nc1nc2cccc(C3=CCC(OCc4ccc(C(F)(F)F)nc4)C=C3)n2n1)C1CC1. The first kappa shape index (κ1) is 21.3. The minimum absolute atomic E-state index is 0.0486. The second-order valence-electron chi connectivity index (χ2n) is 8.03. The summed E-state index contributed by atoms with van der Waals surface area (Å²) < 4.78 is 45.4. The number of halogens is 3. The van der Waals surface area contributed by atoms with Gasteiger partial charge < -0.3 is 4.74 Å². The molecule has 1 atom stereocenters. The van der Waals surface area contributed by atoms with E-state index >= 15 is 0 Å². The van der Waals surface area contributed by atoms with Gasteiger partial charge in [-0.3, -0.25) is 15.1 Å². The third-order valence-electron chi connectivity index (χ3n) is 5.48. The molecule has 3 aromatic heterocycles. The van der Waals surface area contributed by atoms with Crippen LogP contribution in [0.2, 0.25) is 0 Å². The fraction of sp³-hybridized carbons (Fsp3) is 0.304. The molecule has 0 aliphatic heterocycles. The van der Waals surface area contributed by atoms with Gasteiger partial charge in [0.05, 0.1) is 18.4 Å². The molecule has 5 rings (SSSR count). The summed E-state index contributed by atoms with van der Waals surface area (Å²) in [4.78, 5) is 19.8. The lowest BCUT2D eigenvalue weighted by Gasteiger charge is -2.17. The first-order valence-electron chi connectivity index (χ1n) is 10.6. The average molecular weight is 455 g/mol. The van der Waals surface area contributed by atoms with E-state index in [4.69, 9.17) is 4.74 Å². The van der Waals surface area contributed by atoms with Crippen LogP contribution in [0.25, 0.3) is 11.2 Å². The molecule has 10 heteroatoms. The number of nitrogens with zero attached hydrogens (tertiary/aromatic N) is 4. The lowest BCUT2D eigenvalue weighted by Crippen LogP contribution is -2.14. The molecule has 1 saturated carbocycles. The van der Waals surface area contributed by atoms with Crippen molar-refractivity contribution in [3.05, 3.63) is 71.7 Å². The predicted octanol–water partition coefficient (Wildman–Crippen LogP) is 4.42. The summed E-state index contributed by atoms with van der Waals surface area (Å²) in [6.45, 7) is 0.159. The molecule has 1 N–H and O–H groups in total. The summed E-state index contributed by atoms with van der Waals surface area (Å²) >= 11 is 0. The number of pyridine rings is 2. The highest BCUT2D eigenvalue weighted by atomic mass is 19.4. The van der Waals surface area contributed by atoms with Gasteiger partial charge in [-0.05, 0) is 48.6 Å². The van der Waals surface area contributed by atoms with E-state index in [1.54, 1.807) is 4.52 Å². The zero-order valence-corrected chi connectivity index (χ0v) is 17.4. The molecule has 2 aliphatic rings. The molecule has 7 nitrogen and oxygen atoms in total. The molecule has 3 aromatic rings. The molecule has 3 heterocycles. The number of nitrogens with one attached hydrogen (secondary N) is 1. The lowest BCUT2D eigenvalue weighted by molar-refractivity contribution is -0.141. The fourth-order valence-electron chi connectivity index (χ4n) is 3.53. The number of anilines is 1. The number of alkyl halides is 3. The van der Waals surface area contributed by atoms with E-state index in [0.29, 0.717) is 17.6 Å². The van der Waals surface area contributed by atoms with E-state index in [1.165, 1.54) is 12.3 Å². The Hall–Kier alpha value is -3.53. The quantitative estimate of drug-likeness (QED) is 0.595. The Balaban J connectivity index is 1.23. The van der Waals surface area contributed by atoms with Crippen LogP contribution >= 0.6 is 0 Å². The largest absolute Gasteiger partial charge is 0.433 e. The Kier molecular flexibility index (Phi) is 5.45. The maximum Gasteiger partial charge on any atom is 0.433 e. The number of allylic oxidation sites excluding steroid dienone is 2. The summed E-state index contributed by atoms with van der Waals surface area (Å²) in [7, 11) is 0. The van der Waals surface area contributed by atoms with Crippen LogP contribution in [0, 0.1) is 5.92 Å². The Morgan fingerprint density at radius 3 is 2.73 bits per heavy atom. The van der Waals surface area contributed by atoms with Crippen LogP contribution in [0.15, 0.2) is 54.8 Å². The van der Waals surface area contributed by atoms with Gasteiger partial charge in [0, 0.05) is 12.1 Å². The summed E-state index contributed by atoms with van der Waals surface area (Å²) in [5, 5.41) is 7.21. The Bertz CT molecular complexity index is 1240. The van der Waals surface area contributed by atoms with E-state index in [9.17, 15) is 18.0 Å². The molecule has 0 spiro atoms. The molecule has 0 aromatic carbocycles. The van der Waals surface area contributed by atoms with Crippen LogP contribution < -0.4 is 5.32 Å².